The predicted octanol–water partition coefficient (Wildman–Crippen LogP) is 3.99. The summed E-state index contributed by atoms with van der Waals surface area (Å²) in [6.45, 7) is 0.146. The smallest absolute Gasteiger partial charge is 0.259 e. The molecular formula is C19H17ClFN3O3. The number of nitrogens with zero attached hydrogens (tertiary/aromatic N) is 2. The first-order chi connectivity index (χ1) is 13.0. The van der Waals surface area contributed by atoms with E-state index in [1.54, 1.807) is 30.5 Å². The van der Waals surface area contributed by atoms with E-state index in [0.717, 1.165) is 0 Å². The van der Waals surface area contributed by atoms with Crippen LogP contribution >= 0.6 is 11.6 Å². The van der Waals surface area contributed by atoms with Crippen LogP contribution in [0.3, 0.4) is 0 Å². The second-order valence-corrected chi connectivity index (χ2v) is 6.05. The summed E-state index contributed by atoms with van der Waals surface area (Å²) in [5.74, 6) is 0.194. The number of rotatable bonds is 6. The van der Waals surface area contributed by atoms with Crippen LogP contribution in [0.4, 0.5) is 10.1 Å². The first-order valence-electron chi connectivity index (χ1n) is 8.00. The lowest BCUT2D eigenvalue weighted by atomic mass is 10.1. The molecule has 3 aromatic rings. The Morgan fingerprint density at radius 2 is 2.07 bits per heavy atom. The molecule has 0 saturated carbocycles. The van der Waals surface area contributed by atoms with Crippen molar-refractivity contribution >= 4 is 23.2 Å². The van der Waals surface area contributed by atoms with E-state index < -0.39 is 5.82 Å². The van der Waals surface area contributed by atoms with E-state index in [1.807, 2.05) is 0 Å². The van der Waals surface area contributed by atoms with Crippen LogP contribution in [-0.2, 0) is 6.54 Å². The monoisotopic (exact) mass is 389 g/mol. The summed E-state index contributed by atoms with van der Waals surface area (Å²) < 4.78 is 25.8. The van der Waals surface area contributed by atoms with Gasteiger partial charge in [0.15, 0.2) is 0 Å². The van der Waals surface area contributed by atoms with Gasteiger partial charge in [-0.3, -0.25) is 9.48 Å². The van der Waals surface area contributed by atoms with Crippen molar-refractivity contribution in [2.24, 2.45) is 0 Å². The third kappa shape index (κ3) is 4.20. The Morgan fingerprint density at radius 3 is 2.78 bits per heavy atom. The minimum Gasteiger partial charge on any atom is -0.497 e. The molecule has 1 aromatic heterocycles. The van der Waals surface area contributed by atoms with Gasteiger partial charge in [-0.2, -0.15) is 5.10 Å². The van der Waals surface area contributed by atoms with Gasteiger partial charge in [-0.1, -0.05) is 17.7 Å². The van der Waals surface area contributed by atoms with Crippen molar-refractivity contribution in [3.05, 3.63) is 70.8 Å². The van der Waals surface area contributed by atoms with Gasteiger partial charge in [-0.25, -0.2) is 4.39 Å². The summed E-state index contributed by atoms with van der Waals surface area (Å²) >= 11 is 6.03. The molecule has 3 rings (SSSR count). The molecule has 0 saturated heterocycles. The molecule has 0 fully saturated rings. The number of amides is 1. The van der Waals surface area contributed by atoms with E-state index >= 15 is 0 Å². The van der Waals surface area contributed by atoms with Crippen LogP contribution in [0.25, 0.3) is 0 Å². The fourth-order valence-electron chi connectivity index (χ4n) is 2.54. The number of carbonyl (C=O) groups excluding carboxylic acids is 1. The number of anilines is 1. The maximum Gasteiger partial charge on any atom is 0.259 e. The van der Waals surface area contributed by atoms with E-state index in [0.29, 0.717) is 33.3 Å². The number of ether oxygens (including phenoxy) is 2. The van der Waals surface area contributed by atoms with Crippen LogP contribution in [0, 0.1) is 5.82 Å². The number of hydrogen-bond acceptors (Lipinski definition) is 4. The molecule has 1 heterocycles. The number of carbonyl (C=O) groups is 1. The largest absolute Gasteiger partial charge is 0.497 e. The summed E-state index contributed by atoms with van der Waals surface area (Å²) in [6.07, 6.45) is 3.07. The summed E-state index contributed by atoms with van der Waals surface area (Å²) in [5.41, 5.74) is 1.14. The van der Waals surface area contributed by atoms with E-state index in [1.165, 1.54) is 37.2 Å². The third-order valence-corrected chi connectivity index (χ3v) is 4.28. The van der Waals surface area contributed by atoms with Crippen LogP contribution < -0.4 is 14.8 Å². The number of hydrogen-bond donors (Lipinski definition) is 1. The lowest BCUT2D eigenvalue weighted by Crippen LogP contribution is -2.13. The molecule has 0 aliphatic carbocycles. The topological polar surface area (TPSA) is 65.4 Å². The molecule has 6 nitrogen and oxygen atoms in total. The van der Waals surface area contributed by atoms with E-state index in [9.17, 15) is 9.18 Å². The average molecular weight is 390 g/mol. The van der Waals surface area contributed by atoms with Crippen LogP contribution in [0.2, 0.25) is 5.02 Å². The zero-order valence-electron chi connectivity index (χ0n) is 14.7. The van der Waals surface area contributed by atoms with Gasteiger partial charge in [0.1, 0.15) is 17.3 Å². The highest BCUT2D eigenvalue weighted by Gasteiger charge is 2.15. The normalized spacial score (nSPS) is 10.5. The van der Waals surface area contributed by atoms with Gasteiger partial charge in [0, 0.05) is 22.8 Å². The van der Waals surface area contributed by atoms with Crippen LogP contribution in [0.15, 0.2) is 48.8 Å². The molecule has 0 aliphatic heterocycles. The predicted molar refractivity (Wildman–Crippen MR) is 100 cm³/mol. The van der Waals surface area contributed by atoms with Gasteiger partial charge in [0.25, 0.3) is 5.91 Å². The number of methoxy groups -OCH3 is 2. The molecular weight excluding hydrogens is 373 g/mol. The Hall–Kier alpha value is -3.06. The van der Waals surface area contributed by atoms with Gasteiger partial charge in [0.05, 0.1) is 38.2 Å². The van der Waals surface area contributed by atoms with Crippen molar-refractivity contribution in [1.29, 1.82) is 0 Å². The Bertz CT molecular complexity index is 954. The van der Waals surface area contributed by atoms with Gasteiger partial charge in [-0.05, 0) is 24.3 Å². The van der Waals surface area contributed by atoms with Crippen molar-refractivity contribution < 1.29 is 18.7 Å². The van der Waals surface area contributed by atoms with Crippen molar-refractivity contribution in [2.45, 2.75) is 6.54 Å². The van der Waals surface area contributed by atoms with Crippen molar-refractivity contribution in [3.8, 4) is 11.5 Å². The second-order valence-electron chi connectivity index (χ2n) is 5.65. The molecule has 0 bridgehead atoms. The van der Waals surface area contributed by atoms with Gasteiger partial charge in [-0.15, -0.1) is 0 Å². The van der Waals surface area contributed by atoms with E-state index in [4.69, 9.17) is 21.1 Å². The Labute approximate surface area is 160 Å². The first kappa shape index (κ1) is 18.7. The van der Waals surface area contributed by atoms with Crippen LogP contribution in [0.5, 0.6) is 11.5 Å². The second kappa shape index (κ2) is 8.09. The maximum atomic E-state index is 13.9. The molecule has 0 spiro atoms. The molecule has 1 N–H and O–H groups in total. The van der Waals surface area contributed by atoms with Gasteiger partial charge < -0.3 is 14.8 Å². The molecule has 140 valence electrons. The Morgan fingerprint density at radius 1 is 1.26 bits per heavy atom. The summed E-state index contributed by atoms with van der Waals surface area (Å²) in [6, 6.07) is 9.39. The standard InChI is InChI=1S/C19H17ClFN3O3/c1-26-13-6-7-14(18(8-13)27-2)19(25)23-12-9-22-24(10-12)11-15-16(20)4-3-5-17(15)21/h3-10H,11H2,1-2H3,(H,23,25). The Balaban J connectivity index is 1.75. The molecule has 2 aromatic carbocycles. The zero-order chi connectivity index (χ0) is 19.4. The quantitative estimate of drug-likeness (QED) is 0.692. The highest BCUT2D eigenvalue weighted by Crippen LogP contribution is 2.25. The number of halogens is 2. The lowest BCUT2D eigenvalue weighted by Gasteiger charge is -2.10. The lowest BCUT2D eigenvalue weighted by molar-refractivity contribution is 0.102. The molecule has 1 amide bonds. The number of aromatic nitrogens is 2. The summed E-state index contributed by atoms with van der Waals surface area (Å²) in [5, 5.41) is 7.19. The summed E-state index contributed by atoms with van der Waals surface area (Å²) in [7, 11) is 3.01. The van der Waals surface area contributed by atoms with E-state index in [-0.39, 0.29) is 12.5 Å². The Kier molecular flexibility index (Phi) is 5.61. The minimum absolute atomic E-state index is 0.146. The molecule has 0 unspecified atom stereocenters. The number of nitrogens with one attached hydrogen (secondary N) is 1. The highest BCUT2D eigenvalue weighted by atomic mass is 35.5. The molecule has 8 heteroatoms. The van der Waals surface area contributed by atoms with E-state index in [2.05, 4.69) is 10.4 Å². The first-order valence-corrected chi connectivity index (χ1v) is 8.38. The zero-order valence-corrected chi connectivity index (χ0v) is 15.5. The fourth-order valence-corrected chi connectivity index (χ4v) is 2.77. The van der Waals surface area contributed by atoms with Crippen LogP contribution in [0.1, 0.15) is 15.9 Å². The highest BCUT2D eigenvalue weighted by molar-refractivity contribution is 6.31. The SMILES string of the molecule is COc1ccc(C(=O)Nc2cnn(Cc3c(F)cccc3Cl)c2)c(OC)c1. The molecule has 0 radical (unpaired) electrons. The van der Waals surface area contributed by atoms with Crippen molar-refractivity contribution in [2.75, 3.05) is 19.5 Å². The van der Waals surface area contributed by atoms with Crippen molar-refractivity contribution in [1.82, 2.24) is 9.78 Å². The number of benzene rings is 2. The van der Waals surface area contributed by atoms with Crippen molar-refractivity contribution in [3.63, 3.8) is 0 Å². The van der Waals surface area contributed by atoms with Gasteiger partial charge in [0.2, 0.25) is 0 Å². The maximum absolute atomic E-state index is 13.9. The molecule has 27 heavy (non-hydrogen) atoms. The molecule has 0 aliphatic rings. The minimum atomic E-state index is -0.411. The summed E-state index contributed by atoms with van der Waals surface area (Å²) in [4.78, 5) is 12.5. The molecule has 0 atom stereocenters. The van der Waals surface area contributed by atoms with Crippen LogP contribution in [-0.4, -0.2) is 29.9 Å². The fraction of sp³-hybridized carbons (Fsp3) is 0.158. The van der Waals surface area contributed by atoms with Gasteiger partial charge >= 0.3 is 0 Å². The average Bonchev–Trinajstić information content (AvgIpc) is 3.11. The third-order valence-electron chi connectivity index (χ3n) is 3.93.